The molecular formula is C6H14O2P+. The molecule has 0 aliphatic rings. The van der Waals surface area contributed by atoms with Crippen molar-refractivity contribution in [1.82, 2.24) is 0 Å². The fourth-order valence-corrected chi connectivity index (χ4v) is 0.642. The Labute approximate surface area is 59.7 Å². The summed E-state index contributed by atoms with van der Waals surface area (Å²) in [5.74, 6) is -0.0909. The minimum Gasteiger partial charge on any atom is -0.466 e. The van der Waals surface area contributed by atoms with Gasteiger partial charge in [-0.2, -0.15) is 0 Å². The molecule has 3 heteroatoms. The highest BCUT2D eigenvalue weighted by Crippen LogP contribution is 1.91. The van der Waals surface area contributed by atoms with Crippen molar-refractivity contribution in [1.29, 1.82) is 0 Å². The lowest BCUT2D eigenvalue weighted by Crippen LogP contribution is -2.04. The van der Waals surface area contributed by atoms with Crippen LogP contribution in [-0.2, 0) is 9.53 Å². The maximum atomic E-state index is 10.6. The van der Waals surface area contributed by atoms with Crippen LogP contribution in [0.5, 0.6) is 0 Å². The first kappa shape index (κ1) is 8.90. The molecule has 0 aromatic heterocycles. The van der Waals surface area contributed by atoms with Crippen LogP contribution in [0.1, 0.15) is 21.2 Å². The zero-order valence-electron chi connectivity index (χ0n) is 6.72. The van der Waals surface area contributed by atoms with E-state index in [1.54, 1.807) is 0 Å². The maximum Gasteiger partial charge on any atom is 1.00 e. The quantitative estimate of drug-likeness (QED) is 0.445. The Bertz CT molecular complexity index is 87.8. The number of rotatable bonds is 4. The van der Waals surface area contributed by atoms with Gasteiger partial charge in [0.2, 0.25) is 0 Å². The van der Waals surface area contributed by atoms with E-state index in [1.165, 1.54) is 0 Å². The van der Waals surface area contributed by atoms with Crippen molar-refractivity contribution in [2.75, 3.05) is 12.8 Å². The Morgan fingerprint density at radius 2 is 2.44 bits per heavy atom. The fourth-order valence-electron chi connectivity index (χ4n) is 0.406. The first-order valence-electron chi connectivity index (χ1n) is 3.17. The number of hydrogen-bond acceptors (Lipinski definition) is 2. The van der Waals surface area contributed by atoms with Crippen LogP contribution in [0.15, 0.2) is 0 Å². The molecule has 0 heterocycles. The predicted octanol–water partition coefficient (Wildman–Crippen LogP) is 1.32. The van der Waals surface area contributed by atoms with Gasteiger partial charge < -0.3 is 4.74 Å². The first-order chi connectivity index (χ1) is 4.31. The first-order valence-corrected chi connectivity index (χ1v) is 3.98. The molecule has 0 spiro atoms. The normalized spacial score (nSPS) is 9.11. The van der Waals surface area contributed by atoms with Crippen LogP contribution in [0.25, 0.3) is 0 Å². The molecule has 0 saturated carbocycles. The highest BCUT2D eigenvalue weighted by molar-refractivity contribution is 7.16. The van der Waals surface area contributed by atoms with E-state index in [1.807, 2.05) is 6.92 Å². The van der Waals surface area contributed by atoms with E-state index in [-0.39, 0.29) is 7.40 Å². The topological polar surface area (TPSA) is 26.3 Å². The van der Waals surface area contributed by atoms with Crippen LogP contribution in [0.3, 0.4) is 0 Å². The molecule has 0 rings (SSSR count). The molecule has 0 aromatic rings. The van der Waals surface area contributed by atoms with E-state index < -0.39 is 0 Å². The molecule has 0 bridgehead atoms. The summed E-state index contributed by atoms with van der Waals surface area (Å²) in [6, 6.07) is 0. The highest BCUT2D eigenvalue weighted by Gasteiger charge is 1.96. The zero-order valence-corrected chi connectivity index (χ0v) is 6.88. The lowest BCUT2D eigenvalue weighted by atomic mass is 10.5. The number of hydrogen-bond donors (Lipinski definition) is 0. The summed E-state index contributed by atoms with van der Waals surface area (Å²) >= 11 is 0. The van der Waals surface area contributed by atoms with Gasteiger partial charge in [-0.1, -0.05) is 6.92 Å². The second kappa shape index (κ2) is 6.03. The van der Waals surface area contributed by atoms with E-state index in [4.69, 9.17) is 4.74 Å². The largest absolute Gasteiger partial charge is 1.00 e. The Morgan fingerprint density at radius 3 is 2.89 bits per heavy atom. The SMILES string of the molecule is CCCOC(=O)CCP.[H+]. The van der Waals surface area contributed by atoms with E-state index in [2.05, 4.69) is 9.24 Å². The van der Waals surface area contributed by atoms with Gasteiger partial charge in [-0.05, 0) is 12.6 Å². The third-order valence-corrected chi connectivity index (χ3v) is 1.10. The molecule has 54 valence electrons. The van der Waals surface area contributed by atoms with Gasteiger partial charge in [0, 0.05) is 6.42 Å². The second-order valence-corrected chi connectivity index (χ2v) is 2.34. The second-order valence-electron chi connectivity index (χ2n) is 1.76. The van der Waals surface area contributed by atoms with Crippen molar-refractivity contribution in [2.24, 2.45) is 0 Å². The fraction of sp³-hybridized carbons (Fsp3) is 0.833. The molecule has 0 aliphatic heterocycles. The molecule has 0 aliphatic carbocycles. The molecule has 0 saturated heterocycles. The number of ether oxygens (including phenoxy) is 1. The van der Waals surface area contributed by atoms with E-state index in [0.29, 0.717) is 13.0 Å². The van der Waals surface area contributed by atoms with Gasteiger partial charge in [0.15, 0.2) is 0 Å². The van der Waals surface area contributed by atoms with Crippen LogP contribution in [0, 0.1) is 0 Å². The van der Waals surface area contributed by atoms with Crippen molar-refractivity contribution in [3.8, 4) is 0 Å². The monoisotopic (exact) mass is 149 g/mol. The van der Waals surface area contributed by atoms with E-state index in [9.17, 15) is 4.79 Å². The standard InChI is InChI=1S/C6H13O2P/c1-2-4-8-6(7)3-5-9/h2-5,9H2,1H3/p+1. The zero-order chi connectivity index (χ0) is 7.11. The number of carbonyl (C=O) groups excluding carboxylic acids is 1. The van der Waals surface area contributed by atoms with Gasteiger partial charge in [0.25, 0.3) is 0 Å². The summed E-state index contributed by atoms with van der Waals surface area (Å²) in [4.78, 5) is 10.6. The predicted molar refractivity (Wildman–Crippen MR) is 41.6 cm³/mol. The third-order valence-electron chi connectivity index (χ3n) is 0.816. The van der Waals surface area contributed by atoms with Gasteiger partial charge in [-0.3, -0.25) is 4.79 Å². The Hall–Kier alpha value is -0.100. The summed E-state index contributed by atoms with van der Waals surface area (Å²) in [6.07, 6.45) is 2.22. The molecule has 0 N–H and O–H groups in total. The van der Waals surface area contributed by atoms with Crippen LogP contribution in [0.4, 0.5) is 0 Å². The van der Waals surface area contributed by atoms with Gasteiger partial charge >= 0.3 is 7.40 Å². The summed E-state index contributed by atoms with van der Waals surface area (Å²) in [6.45, 7) is 2.54. The molecule has 0 amide bonds. The lowest BCUT2D eigenvalue weighted by molar-refractivity contribution is -0.143. The van der Waals surface area contributed by atoms with Crippen molar-refractivity contribution in [3.05, 3.63) is 0 Å². The van der Waals surface area contributed by atoms with E-state index in [0.717, 1.165) is 12.6 Å². The number of carbonyl (C=O) groups is 1. The molecular weight excluding hydrogens is 135 g/mol. The van der Waals surface area contributed by atoms with Crippen LogP contribution < -0.4 is 0 Å². The minimum atomic E-state index is -0.0909. The molecule has 9 heavy (non-hydrogen) atoms. The third kappa shape index (κ3) is 5.78. The average Bonchev–Trinajstić information content (AvgIpc) is 1.85. The van der Waals surface area contributed by atoms with Crippen molar-refractivity contribution < 1.29 is 11.0 Å². The lowest BCUT2D eigenvalue weighted by Gasteiger charge is -1.99. The van der Waals surface area contributed by atoms with Gasteiger partial charge in [0.1, 0.15) is 0 Å². The van der Waals surface area contributed by atoms with Crippen molar-refractivity contribution in [3.63, 3.8) is 0 Å². The van der Waals surface area contributed by atoms with Crippen molar-refractivity contribution in [2.45, 2.75) is 19.8 Å². The molecule has 1 atom stereocenters. The Balaban J connectivity index is 0. The molecule has 0 radical (unpaired) electrons. The van der Waals surface area contributed by atoms with E-state index >= 15 is 0 Å². The Kier molecular flexibility index (Phi) is 5.96. The summed E-state index contributed by atoms with van der Waals surface area (Å²) in [7, 11) is 2.49. The Morgan fingerprint density at radius 1 is 1.78 bits per heavy atom. The maximum absolute atomic E-state index is 10.6. The summed E-state index contributed by atoms with van der Waals surface area (Å²) < 4.78 is 4.78. The van der Waals surface area contributed by atoms with Crippen LogP contribution in [-0.4, -0.2) is 18.7 Å². The summed E-state index contributed by atoms with van der Waals surface area (Å²) in [5.41, 5.74) is 0. The number of esters is 1. The minimum absolute atomic E-state index is 0. The highest BCUT2D eigenvalue weighted by atomic mass is 31.0. The van der Waals surface area contributed by atoms with Gasteiger partial charge in [-0.25, -0.2) is 0 Å². The van der Waals surface area contributed by atoms with Crippen LogP contribution in [0.2, 0.25) is 0 Å². The van der Waals surface area contributed by atoms with Crippen LogP contribution >= 0.6 is 9.24 Å². The average molecular weight is 149 g/mol. The molecule has 0 aromatic carbocycles. The molecule has 2 nitrogen and oxygen atoms in total. The van der Waals surface area contributed by atoms with Gasteiger partial charge in [0.05, 0.1) is 6.61 Å². The molecule has 0 fully saturated rings. The summed E-state index contributed by atoms with van der Waals surface area (Å²) in [5, 5.41) is 0. The van der Waals surface area contributed by atoms with Crippen molar-refractivity contribution >= 4 is 15.2 Å². The molecule has 1 unspecified atom stereocenters. The smallest absolute Gasteiger partial charge is 0.466 e. The van der Waals surface area contributed by atoms with Gasteiger partial charge in [-0.15, -0.1) is 9.24 Å².